The highest BCUT2D eigenvalue weighted by Gasteiger charge is 2.30. The van der Waals surface area contributed by atoms with E-state index in [4.69, 9.17) is 0 Å². The zero-order chi connectivity index (χ0) is 13.4. The number of rotatable bonds is 6. The van der Waals surface area contributed by atoms with Gasteiger partial charge in [-0.2, -0.15) is 5.82 Å². The first-order chi connectivity index (χ1) is 7.91. The Hall–Kier alpha value is -0.375. The van der Waals surface area contributed by atoms with Crippen molar-refractivity contribution in [2.75, 3.05) is 0 Å². The maximum Gasteiger partial charge on any atom is 0.237 e. The third-order valence-electron chi connectivity index (χ3n) is 4.16. The molecule has 0 bridgehead atoms. The molecule has 0 heterocycles. The highest BCUT2D eigenvalue weighted by Crippen LogP contribution is 2.31. The molecule has 0 aliphatic heterocycles. The summed E-state index contributed by atoms with van der Waals surface area (Å²) >= 11 is 0. The third-order valence-corrected chi connectivity index (χ3v) is 4.16. The number of unbranched alkanes of at least 4 members (excludes halogenated alkanes) is 2. The monoisotopic (exact) mass is 234 g/mol. The van der Waals surface area contributed by atoms with Crippen molar-refractivity contribution in [3.8, 4) is 11.7 Å². The fourth-order valence-electron chi connectivity index (χ4n) is 2.03. The minimum Gasteiger partial charge on any atom is -0.155 e. The van der Waals surface area contributed by atoms with E-state index in [2.05, 4.69) is 60.2 Å². The zero-order valence-corrected chi connectivity index (χ0v) is 13.0. The molecular weight excluding hydrogens is 203 g/mol. The standard InChI is InChI=1S/C16H31B/c1-8-9-10-11-12-17(15(6)13(2)3)16(7)14(4)5/h13-16H,8-10H2,1-7H3. The second-order valence-corrected chi connectivity index (χ2v) is 6.16. The smallest absolute Gasteiger partial charge is 0.155 e. The molecule has 0 rings (SSSR count). The van der Waals surface area contributed by atoms with E-state index in [0.717, 1.165) is 18.3 Å². The molecule has 0 saturated heterocycles. The van der Waals surface area contributed by atoms with Crippen LogP contribution < -0.4 is 0 Å². The Labute approximate surface area is 110 Å². The quantitative estimate of drug-likeness (QED) is 0.332. The maximum atomic E-state index is 3.57. The predicted octanol–water partition coefficient (Wildman–Crippen LogP) is 5.31. The lowest BCUT2D eigenvalue weighted by Crippen LogP contribution is -2.28. The van der Waals surface area contributed by atoms with Gasteiger partial charge in [0.05, 0.1) is 0 Å². The van der Waals surface area contributed by atoms with E-state index in [1.807, 2.05) is 0 Å². The topological polar surface area (TPSA) is 0 Å². The fourth-order valence-corrected chi connectivity index (χ4v) is 2.03. The summed E-state index contributed by atoms with van der Waals surface area (Å²) in [5, 5.41) is 0. The molecule has 0 N–H and O–H groups in total. The van der Waals surface area contributed by atoms with Crippen LogP contribution >= 0.6 is 0 Å². The van der Waals surface area contributed by atoms with Crippen molar-refractivity contribution in [2.24, 2.45) is 11.8 Å². The molecule has 0 nitrogen and oxygen atoms in total. The zero-order valence-electron chi connectivity index (χ0n) is 13.0. The fraction of sp³-hybridized carbons (Fsp3) is 0.875. The largest absolute Gasteiger partial charge is 0.237 e. The Morgan fingerprint density at radius 3 is 1.71 bits per heavy atom. The van der Waals surface area contributed by atoms with Gasteiger partial charge in [-0.05, 0) is 6.42 Å². The Kier molecular flexibility index (Phi) is 8.49. The molecule has 0 aromatic carbocycles. The van der Waals surface area contributed by atoms with Crippen LogP contribution in [-0.2, 0) is 0 Å². The molecule has 0 radical (unpaired) electrons. The summed E-state index contributed by atoms with van der Waals surface area (Å²) in [6.45, 7) is 16.8. The normalized spacial score (nSPS) is 14.4. The Morgan fingerprint density at radius 2 is 1.35 bits per heavy atom. The van der Waals surface area contributed by atoms with Gasteiger partial charge in [-0.1, -0.05) is 78.4 Å². The number of hydrogen-bond acceptors (Lipinski definition) is 0. The van der Waals surface area contributed by atoms with E-state index >= 15 is 0 Å². The first kappa shape index (κ1) is 16.6. The van der Waals surface area contributed by atoms with Crippen molar-refractivity contribution >= 4 is 6.71 Å². The van der Waals surface area contributed by atoms with Gasteiger partial charge in [-0.25, -0.2) is 0 Å². The van der Waals surface area contributed by atoms with Crippen LogP contribution in [-0.4, -0.2) is 6.71 Å². The summed E-state index contributed by atoms with van der Waals surface area (Å²) in [7, 11) is 0. The van der Waals surface area contributed by atoms with Gasteiger partial charge >= 0.3 is 0 Å². The van der Waals surface area contributed by atoms with Crippen molar-refractivity contribution in [2.45, 2.75) is 79.4 Å². The molecule has 0 saturated carbocycles. The average Bonchev–Trinajstić information content (AvgIpc) is 2.27. The summed E-state index contributed by atoms with van der Waals surface area (Å²) in [5.74, 6) is 9.81. The molecule has 0 spiro atoms. The van der Waals surface area contributed by atoms with Crippen LogP contribution in [0.2, 0.25) is 11.6 Å². The molecule has 0 aromatic heterocycles. The lowest BCUT2D eigenvalue weighted by Gasteiger charge is -2.27. The lowest BCUT2D eigenvalue weighted by atomic mass is 9.32. The van der Waals surface area contributed by atoms with Gasteiger partial charge in [0.2, 0.25) is 6.71 Å². The van der Waals surface area contributed by atoms with E-state index in [9.17, 15) is 0 Å². The van der Waals surface area contributed by atoms with E-state index in [0.29, 0.717) is 18.3 Å². The van der Waals surface area contributed by atoms with E-state index in [1.165, 1.54) is 12.8 Å². The van der Waals surface area contributed by atoms with Crippen LogP contribution in [0.15, 0.2) is 0 Å². The van der Waals surface area contributed by atoms with Crippen molar-refractivity contribution in [1.82, 2.24) is 0 Å². The SMILES string of the molecule is CCCCC#CB(C(C)C(C)C)C(C)C(C)C. The predicted molar refractivity (Wildman–Crippen MR) is 81.6 cm³/mol. The van der Waals surface area contributed by atoms with Gasteiger partial charge in [0, 0.05) is 6.42 Å². The van der Waals surface area contributed by atoms with Crippen molar-refractivity contribution in [3.05, 3.63) is 0 Å². The van der Waals surface area contributed by atoms with Crippen LogP contribution in [0.1, 0.15) is 67.7 Å². The molecule has 2 atom stereocenters. The van der Waals surface area contributed by atoms with Crippen molar-refractivity contribution < 1.29 is 0 Å². The summed E-state index contributed by atoms with van der Waals surface area (Å²) < 4.78 is 0. The molecule has 1 heteroatoms. The molecule has 0 aliphatic rings. The van der Waals surface area contributed by atoms with Gasteiger partial charge < -0.3 is 0 Å². The van der Waals surface area contributed by atoms with E-state index in [-0.39, 0.29) is 0 Å². The average molecular weight is 234 g/mol. The van der Waals surface area contributed by atoms with Gasteiger partial charge in [-0.15, -0.1) is 5.92 Å². The number of hydrogen-bond donors (Lipinski definition) is 0. The maximum absolute atomic E-state index is 3.57. The van der Waals surface area contributed by atoms with E-state index in [1.54, 1.807) is 0 Å². The molecule has 98 valence electrons. The molecule has 17 heavy (non-hydrogen) atoms. The lowest BCUT2D eigenvalue weighted by molar-refractivity contribution is 0.568. The first-order valence-electron chi connectivity index (χ1n) is 7.40. The molecule has 2 unspecified atom stereocenters. The minimum atomic E-state index is 0.562. The van der Waals surface area contributed by atoms with Gasteiger partial charge in [-0.3, -0.25) is 0 Å². The summed E-state index contributed by atoms with van der Waals surface area (Å²) in [5.41, 5.74) is 0. The summed E-state index contributed by atoms with van der Waals surface area (Å²) in [6, 6.07) is 0. The Balaban J connectivity index is 4.65. The van der Waals surface area contributed by atoms with Crippen LogP contribution in [0.3, 0.4) is 0 Å². The molecule has 0 aliphatic carbocycles. The minimum absolute atomic E-state index is 0.562. The molecular formula is C16H31B. The summed E-state index contributed by atoms with van der Waals surface area (Å²) in [6.07, 6.45) is 3.56. The van der Waals surface area contributed by atoms with Crippen molar-refractivity contribution in [1.29, 1.82) is 0 Å². The molecule has 0 fully saturated rings. The second kappa shape index (κ2) is 8.68. The van der Waals surface area contributed by atoms with Gasteiger partial charge in [0.1, 0.15) is 0 Å². The Bertz CT molecular complexity index is 230. The molecule has 0 amide bonds. The van der Waals surface area contributed by atoms with Gasteiger partial charge in [0.15, 0.2) is 0 Å². The highest BCUT2D eigenvalue weighted by atomic mass is 14.1. The first-order valence-corrected chi connectivity index (χ1v) is 7.40. The van der Waals surface area contributed by atoms with Gasteiger partial charge in [0.25, 0.3) is 0 Å². The second-order valence-electron chi connectivity index (χ2n) is 6.16. The van der Waals surface area contributed by atoms with Crippen LogP contribution in [0, 0.1) is 23.6 Å². The van der Waals surface area contributed by atoms with Crippen LogP contribution in [0.5, 0.6) is 0 Å². The van der Waals surface area contributed by atoms with Crippen LogP contribution in [0.4, 0.5) is 0 Å². The Morgan fingerprint density at radius 1 is 0.882 bits per heavy atom. The molecule has 0 aromatic rings. The van der Waals surface area contributed by atoms with Crippen LogP contribution in [0.25, 0.3) is 0 Å². The summed E-state index contributed by atoms with van der Waals surface area (Å²) in [4.78, 5) is 0. The third kappa shape index (κ3) is 6.20. The highest BCUT2D eigenvalue weighted by molar-refractivity contribution is 6.70. The van der Waals surface area contributed by atoms with Crippen molar-refractivity contribution in [3.63, 3.8) is 0 Å². The van der Waals surface area contributed by atoms with E-state index < -0.39 is 0 Å².